The topological polar surface area (TPSA) is 156 Å². The molecule has 11 nitrogen and oxygen atoms in total. The number of rotatable bonds is 5. The first-order valence-corrected chi connectivity index (χ1v) is 12.6. The van der Waals surface area contributed by atoms with Gasteiger partial charge in [-0.15, -0.1) is 0 Å². The van der Waals surface area contributed by atoms with Gasteiger partial charge in [-0.3, -0.25) is 4.79 Å². The van der Waals surface area contributed by atoms with Crippen LogP contribution < -0.4 is 21.6 Å². The Hall–Kier alpha value is -3.76. The molecule has 3 amide bonds. The minimum absolute atomic E-state index is 0.0588. The van der Waals surface area contributed by atoms with Crippen LogP contribution in [0.2, 0.25) is 0 Å². The zero-order chi connectivity index (χ0) is 28.3. The van der Waals surface area contributed by atoms with Crippen LogP contribution in [0, 0.1) is 0 Å². The molecule has 1 fully saturated rings. The lowest BCUT2D eigenvalue weighted by Crippen LogP contribution is -2.54. The van der Waals surface area contributed by atoms with Gasteiger partial charge >= 0.3 is 17.8 Å². The number of phenolic OH excluding ortho intramolecular Hbond substituents is 1. The van der Waals surface area contributed by atoms with Crippen LogP contribution in [-0.4, -0.2) is 52.5 Å². The highest BCUT2D eigenvalue weighted by molar-refractivity contribution is 5.87. The molecule has 0 radical (unpaired) electrons. The molecule has 1 aromatic carbocycles. The lowest BCUT2D eigenvalue weighted by atomic mass is 9.87. The van der Waals surface area contributed by atoms with Crippen molar-refractivity contribution in [3.63, 3.8) is 0 Å². The molecule has 3 atom stereocenters. The van der Waals surface area contributed by atoms with Gasteiger partial charge in [-0.05, 0) is 78.5 Å². The molecule has 1 aliphatic rings. The summed E-state index contributed by atoms with van der Waals surface area (Å²) in [5.41, 5.74) is -1.35. The summed E-state index contributed by atoms with van der Waals surface area (Å²) in [7, 11) is 0. The van der Waals surface area contributed by atoms with Gasteiger partial charge in [-0.1, -0.05) is 0 Å². The van der Waals surface area contributed by atoms with Gasteiger partial charge in [0.1, 0.15) is 22.5 Å². The summed E-state index contributed by atoms with van der Waals surface area (Å²) in [5, 5.41) is 18.9. The monoisotopic (exact) mass is 531 g/mol. The predicted molar refractivity (Wildman–Crippen MR) is 140 cm³/mol. The van der Waals surface area contributed by atoms with E-state index in [2.05, 4.69) is 16.0 Å². The van der Waals surface area contributed by atoms with Gasteiger partial charge in [-0.2, -0.15) is 0 Å². The number of fused-ring (bicyclic) bond motifs is 1. The molecular formula is C27H37N3O8. The standard InChI is InChI=1S/C27H37N3O8/c1-26(2,3)37-24(34)29-17-11-16(12-18(13-17)30-25(35)38-27(4,5)6)28-22(32)9-15-10-23(33)36-21-14-19(31)7-8-20(15)21/h7-8,10,14,16-18,31H,9,11-13H2,1-6H3,(H,28,32)(H,29,34)(H,30,35)/t16-,17+,18-. The number of ether oxygens (including phenoxy) is 2. The predicted octanol–water partition coefficient (Wildman–Crippen LogP) is 3.50. The van der Waals surface area contributed by atoms with Crippen LogP contribution in [0.3, 0.4) is 0 Å². The van der Waals surface area contributed by atoms with Gasteiger partial charge in [0.05, 0.1) is 6.42 Å². The highest BCUT2D eigenvalue weighted by Gasteiger charge is 2.33. The van der Waals surface area contributed by atoms with E-state index >= 15 is 0 Å². The average molecular weight is 532 g/mol. The Bertz CT molecular complexity index is 1200. The van der Waals surface area contributed by atoms with E-state index in [1.54, 1.807) is 47.6 Å². The second-order valence-corrected chi connectivity index (χ2v) is 11.6. The Balaban J connectivity index is 1.72. The molecule has 38 heavy (non-hydrogen) atoms. The van der Waals surface area contributed by atoms with Crippen molar-refractivity contribution >= 4 is 29.1 Å². The van der Waals surface area contributed by atoms with Crippen molar-refractivity contribution in [2.45, 2.75) is 96.6 Å². The summed E-state index contributed by atoms with van der Waals surface area (Å²) >= 11 is 0. The highest BCUT2D eigenvalue weighted by Crippen LogP contribution is 2.24. The van der Waals surface area contributed by atoms with Crippen molar-refractivity contribution in [2.75, 3.05) is 0 Å². The fourth-order valence-corrected chi connectivity index (χ4v) is 4.44. The maximum atomic E-state index is 13.0. The number of alkyl carbamates (subject to hydrolysis) is 2. The van der Waals surface area contributed by atoms with Gasteiger partial charge in [0, 0.05) is 35.6 Å². The number of hydrogen-bond donors (Lipinski definition) is 4. The Kier molecular flexibility index (Phi) is 8.58. The Labute approximate surface area is 221 Å². The van der Waals surface area contributed by atoms with Gasteiger partial charge in [0.2, 0.25) is 5.91 Å². The van der Waals surface area contributed by atoms with Crippen molar-refractivity contribution in [1.29, 1.82) is 0 Å². The van der Waals surface area contributed by atoms with Crippen LogP contribution in [0.25, 0.3) is 11.0 Å². The molecule has 2 aromatic rings. The summed E-state index contributed by atoms with van der Waals surface area (Å²) in [6.07, 6.45) is -0.00453. The Morgan fingerprint density at radius 2 is 1.37 bits per heavy atom. The molecule has 0 aliphatic heterocycles. The van der Waals surface area contributed by atoms with Crippen LogP contribution in [0.1, 0.15) is 66.4 Å². The molecule has 0 bridgehead atoms. The smallest absolute Gasteiger partial charge is 0.407 e. The van der Waals surface area contributed by atoms with Gasteiger partial charge in [0.15, 0.2) is 0 Å². The van der Waals surface area contributed by atoms with E-state index < -0.39 is 29.0 Å². The summed E-state index contributed by atoms with van der Waals surface area (Å²) in [6.45, 7) is 10.6. The summed E-state index contributed by atoms with van der Waals surface area (Å²) in [4.78, 5) is 49.8. The van der Waals surface area contributed by atoms with Crippen molar-refractivity contribution in [1.82, 2.24) is 16.0 Å². The zero-order valence-electron chi connectivity index (χ0n) is 22.7. The Morgan fingerprint density at radius 1 is 0.868 bits per heavy atom. The van der Waals surface area contributed by atoms with Crippen molar-refractivity contribution in [3.8, 4) is 5.75 Å². The zero-order valence-corrected chi connectivity index (χ0v) is 22.7. The van der Waals surface area contributed by atoms with E-state index in [4.69, 9.17) is 13.9 Å². The third-order valence-corrected chi connectivity index (χ3v) is 5.68. The molecule has 208 valence electrons. The molecule has 3 rings (SSSR count). The first-order valence-electron chi connectivity index (χ1n) is 12.6. The van der Waals surface area contributed by atoms with Crippen LogP contribution in [-0.2, 0) is 20.7 Å². The molecule has 0 spiro atoms. The third-order valence-electron chi connectivity index (χ3n) is 5.68. The Morgan fingerprint density at radius 3 is 1.87 bits per heavy atom. The van der Waals surface area contributed by atoms with Crippen LogP contribution >= 0.6 is 0 Å². The molecule has 1 aromatic heterocycles. The largest absolute Gasteiger partial charge is 0.508 e. The first-order chi connectivity index (χ1) is 17.6. The molecule has 1 aliphatic carbocycles. The molecule has 0 saturated heterocycles. The number of hydrogen-bond acceptors (Lipinski definition) is 8. The first kappa shape index (κ1) is 28.8. The van der Waals surface area contributed by atoms with Crippen molar-refractivity contribution < 1.29 is 33.4 Å². The summed E-state index contributed by atoms with van der Waals surface area (Å²) in [5.74, 6) is -0.402. The number of nitrogens with one attached hydrogen (secondary N) is 3. The summed E-state index contributed by atoms with van der Waals surface area (Å²) < 4.78 is 15.9. The molecule has 11 heteroatoms. The number of aromatic hydroxyl groups is 1. The quantitative estimate of drug-likeness (QED) is 0.427. The van der Waals surface area contributed by atoms with Crippen molar-refractivity contribution in [2.24, 2.45) is 0 Å². The van der Waals surface area contributed by atoms with Gasteiger partial charge in [-0.25, -0.2) is 14.4 Å². The maximum absolute atomic E-state index is 13.0. The normalized spacial score (nSPS) is 19.9. The second kappa shape index (κ2) is 11.3. The molecule has 1 saturated carbocycles. The van der Waals surface area contributed by atoms with E-state index in [9.17, 15) is 24.3 Å². The van der Waals surface area contributed by atoms with E-state index in [0.717, 1.165) is 0 Å². The number of carbonyl (C=O) groups is 3. The van der Waals surface area contributed by atoms with Crippen LogP contribution in [0.15, 0.2) is 33.5 Å². The fourth-order valence-electron chi connectivity index (χ4n) is 4.44. The van der Waals surface area contributed by atoms with E-state index in [1.807, 2.05) is 0 Å². The third kappa shape index (κ3) is 8.97. The van der Waals surface area contributed by atoms with E-state index in [-0.39, 0.29) is 41.8 Å². The van der Waals surface area contributed by atoms with E-state index in [0.29, 0.717) is 30.2 Å². The molecule has 1 heterocycles. The number of carbonyl (C=O) groups excluding carboxylic acids is 3. The number of amides is 3. The average Bonchev–Trinajstić information content (AvgIpc) is 2.69. The van der Waals surface area contributed by atoms with Gasteiger partial charge in [0.25, 0.3) is 0 Å². The van der Waals surface area contributed by atoms with Gasteiger partial charge < -0.3 is 34.9 Å². The fraction of sp³-hybridized carbons (Fsp3) is 0.556. The molecule has 4 N–H and O–H groups in total. The maximum Gasteiger partial charge on any atom is 0.407 e. The lowest BCUT2D eigenvalue weighted by molar-refractivity contribution is -0.121. The van der Waals surface area contributed by atoms with Crippen molar-refractivity contribution in [3.05, 3.63) is 40.2 Å². The highest BCUT2D eigenvalue weighted by atomic mass is 16.6. The minimum Gasteiger partial charge on any atom is -0.508 e. The minimum atomic E-state index is -0.678. The molecule has 0 unspecified atom stereocenters. The lowest BCUT2D eigenvalue weighted by Gasteiger charge is -2.36. The number of phenols is 1. The molecular weight excluding hydrogens is 494 g/mol. The van der Waals surface area contributed by atoms with Crippen LogP contribution in [0.5, 0.6) is 5.75 Å². The number of benzene rings is 1. The summed E-state index contributed by atoms with van der Waals surface area (Å²) in [6, 6.07) is 4.46. The van der Waals surface area contributed by atoms with E-state index in [1.165, 1.54) is 18.2 Å². The van der Waals surface area contributed by atoms with Crippen LogP contribution in [0.4, 0.5) is 9.59 Å². The second-order valence-electron chi connectivity index (χ2n) is 11.6. The SMILES string of the molecule is CC(C)(C)OC(=O)N[C@@H]1C[C@H](NC(=O)Cc2cc(=O)oc3cc(O)ccc23)C[C@H](NC(=O)OC(C)(C)C)C1.